The Morgan fingerprint density at radius 3 is 0.529 bits per heavy atom. The summed E-state index contributed by atoms with van der Waals surface area (Å²) in [6.07, 6.45) is -1.86. The van der Waals surface area contributed by atoms with E-state index in [-0.39, 0.29) is 116 Å². The molecule has 768 valence electrons. The maximum absolute atomic E-state index is 15.7. The molecule has 0 saturated carbocycles. The quantitative estimate of drug-likeness (QED) is 0.0846. The summed E-state index contributed by atoms with van der Waals surface area (Å²) in [6.45, 7) is 112. The standard InChI is InChI=1S/3C31H46F2.C15H14F2.4C5H12/c1-27(2,3)23-15-14-22(25(18-23)29(7,8)9)20-31(32,33)19-21-13-16-24(28(4,5)6)26(17-21)30(10,11)12;1-27(2,3)23-15-13-21(25(17-23)29(7,8)9)19-31(32,33)20-22-14-16-24(28(4,5)6)18-26(22)30(10,11)12;1-27(2,3)23-15-16-25(29(7,8)9)22(17-23)20-31(32,33)19-21-13-14-24(28(4,5)6)18-26(21)30(10,11)12;16-15(17,11-13-7-3-1-4-8-13)12-14-9-5-2-6-10-14;4*1-5(2,3)4/h3*13-18H,19-20H2,1-12H3;1-10H,11-12H2;4*1-4H3. The lowest BCUT2D eigenvalue weighted by Gasteiger charge is -2.31. The summed E-state index contributed by atoms with van der Waals surface area (Å²) in [7, 11) is 0. The molecule has 0 N–H and O–H groups in total. The van der Waals surface area contributed by atoms with Crippen molar-refractivity contribution in [3.8, 4) is 0 Å². The molecule has 0 fully saturated rings. The van der Waals surface area contributed by atoms with Gasteiger partial charge in [0.2, 0.25) is 0 Å². The van der Waals surface area contributed by atoms with Gasteiger partial charge in [0.15, 0.2) is 0 Å². The minimum absolute atomic E-state index is 0.0147. The van der Waals surface area contributed by atoms with Gasteiger partial charge in [0, 0.05) is 51.4 Å². The number of halogens is 8. The molecule has 0 saturated heterocycles. The molecule has 0 amide bonds. The summed E-state index contributed by atoms with van der Waals surface area (Å²) in [4.78, 5) is 0. The van der Waals surface area contributed by atoms with Gasteiger partial charge in [-0.1, -0.05) is 530 Å². The second-order valence-electron chi connectivity index (χ2n) is 58.0. The van der Waals surface area contributed by atoms with Crippen LogP contribution in [0.25, 0.3) is 0 Å². The van der Waals surface area contributed by atoms with E-state index in [1.807, 2.05) is 78.9 Å². The Balaban J connectivity index is 0.000000859. The van der Waals surface area contributed by atoms with Gasteiger partial charge in [0.05, 0.1) is 0 Å². The van der Waals surface area contributed by atoms with Crippen LogP contribution in [-0.4, -0.2) is 23.7 Å². The number of benzene rings is 8. The Morgan fingerprint density at radius 2 is 0.316 bits per heavy atom. The molecular weight excluding hydrogens is 1690 g/mol. The minimum Gasteiger partial charge on any atom is -0.206 e. The highest BCUT2D eigenvalue weighted by atomic mass is 19.3. The number of rotatable bonds is 16. The first-order chi connectivity index (χ1) is 60.0. The predicted molar refractivity (Wildman–Crippen MR) is 586 cm³/mol. The molecule has 0 unspecified atom stereocenters. The van der Waals surface area contributed by atoms with Crippen molar-refractivity contribution >= 4 is 0 Å². The van der Waals surface area contributed by atoms with E-state index in [2.05, 4.69) is 402 Å². The summed E-state index contributed by atoms with van der Waals surface area (Å²) in [5.41, 5.74) is 19.9. The number of hydrogen-bond donors (Lipinski definition) is 0. The van der Waals surface area contributed by atoms with Crippen LogP contribution in [0.1, 0.15) is 471 Å². The molecule has 8 rings (SSSR count). The zero-order chi connectivity index (χ0) is 107. The SMILES string of the molecule is CC(C)(C)C.CC(C)(C)C.CC(C)(C)C.CC(C)(C)C.CC(C)(C)c1ccc(C(C)(C)C)c(CC(F)(F)Cc2ccc(C(C)(C)C)cc2C(C)(C)C)c1.CC(C)(C)c1ccc(CC(F)(F)Cc2ccc(C(C)(C)C)c(C(C)(C)C)c2)c(C(C)(C)C)c1.CC(C)(C)c1ccc(CC(F)(F)Cc2ccc(C(C)(C)C)cc2C(C)(C)C)c(C(C)(C)C)c1.FC(F)(Cc1ccccc1)Cc1ccccc1. The van der Waals surface area contributed by atoms with Gasteiger partial charge in [-0.25, -0.2) is 35.1 Å². The predicted octanol–water partition coefficient (Wildman–Crippen LogP) is 40.2. The van der Waals surface area contributed by atoms with Crippen molar-refractivity contribution in [1.82, 2.24) is 0 Å². The zero-order valence-electron chi connectivity index (χ0n) is 96.8. The van der Waals surface area contributed by atoms with E-state index < -0.39 is 23.7 Å². The first-order valence-corrected chi connectivity index (χ1v) is 50.4. The van der Waals surface area contributed by atoms with Gasteiger partial charge in [-0.15, -0.1) is 0 Å². The molecule has 8 aromatic rings. The number of alkyl halides is 8. The van der Waals surface area contributed by atoms with Gasteiger partial charge in [0.1, 0.15) is 0 Å². The maximum Gasteiger partial charge on any atom is 0.256 e. The van der Waals surface area contributed by atoms with E-state index >= 15 is 26.3 Å². The van der Waals surface area contributed by atoms with Crippen molar-refractivity contribution in [1.29, 1.82) is 0 Å². The van der Waals surface area contributed by atoms with Crippen molar-refractivity contribution < 1.29 is 35.1 Å². The fourth-order valence-electron chi connectivity index (χ4n) is 15.2. The number of hydrogen-bond acceptors (Lipinski definition) is 0. The van der Waals surface area contributed by atoms with Gasteiger partial charge in [-0.3, -0.25) is 0 Å². The smallest absolute Gasteiger partial charge is 0.206 e. The van der Waals surface area contributed by atoms with Crippen LogP contribution >= 0.6 is 0 Å². The first-order valence-electron chi connectivity index (χ1n) is 50.4. The van der Waals surface area contributed by atoms with Gasteiger partial charge in [-0.05, 0) is 198 Å². The van der Waals surface area contributed by atoms with Crippen LogP contribution in [0, 0.1) is 21.7 Å². The second kappa shape index (κ2) is 47.4. The third kappa shape index (κ3) is 51.1. The normalized spacial score (nSPS) is 13.4. The van der Waals surface area contributed by atoms with Crippen molar-refractivity contribution in [2.24, 2.45) is 21.7 Å². The molecule has 8 aromatic carbocycles. The Bertz CT molecular complexity index is 4730. The topological polar surface area (TPSA) is 0 Å². The van der Waals surface area contributed by atoms with Gasteiger partial charge in [0.25, 0.3) is 23.7 Å². The summed E-state index contributed by atoms with van der Waals surface area (Å²) < 4.78 is 121. The van der Waals surface area contributed by atoms with E-state index in [9.17, 15) is 8.78 Å². The second-order valence-corrected chi connectivity index (χ2v) is 58.0. The molecule has 0 bridgehead atoms. The third-order valence-corrected chi connectivity index (χ3v) is 21.9. The molecule has 8 heteroatoms. The lowest BCUT2D eigenvalue weighted by molar-refractivity contribution is 0.000641. The Morgan fingerprint density at radius 1 is 0.140 bits per heavy atom. The third-order valence-electron chi connectivity index (χ3n) is 21.9. The molecule has 0 spiro atoms. The molecule has 0 heterocycles. The molecule has 0 atom stereocenters. The Kier molecular flexibility index (Phi) is 44.3. The van der Waals surface area contributed by atoms with Crippen LogP contribution in [0.3, 0.4) is 0 Å². The van der Waals surface area contributed by atoms with Crippen molar-refractivity contribution in [3.05, 3.63) is 281 Å². The molecule has 136 heavy (non-hydrogen) atoms. The van der Waals surface area contributed by atoms with E-state index in [4.69, 9.17) is 0 Å². The van der Waals surface area contributed by atoms with Gasteiger partial charge >= 0.3 is 0 Å². The molecular formula is C128H200F8. The highest BCUT2D eigenvalue weighted by molar-refractivity contribution is 5.47. The molecule has 0 aliphatic rings. The van der Waals surface area contributed by atoms with Crippen molar-refractivity contribution in [3.63, 3.8) is 0 Å². The summed E-state index contributed by atoms with van der Waals surface area (Å²) in [6, 6.07) is 54.3. The minimum atomic E-state index is -2.83. The molecule has 0 aliphatic carbocycles. The first kappa shape index (κ1) is 127. The van der Waals surface area contributed by atoms with Crippen LogP contribution in [-0.2, 0) is 116 Å². The molecule has 0 nitrogen and oxygen atoms in total. The largest absolute Gasteiger partial charge is 0.256 e. The van der Waals surface area contributed by atoms with Crippen molar-refractivity contribution in [2.75, 3.05) is 0 Å². The molecule has 0 radical (unpaired) electrons. The highest BCUT2D eigenvalue weighted by Crippen LogP contribution is 2.44. The van der Waals surface area contributed by atoms with Crippen LogP contribution in [0.2, 0.25) is 0 Å². The average Bonchev–Trinajstić information content (AvgIpc) is 0.787. The van der Waals surface area contributed by atoms with Crippen LogP contribution in [0.15, 0.2) is 170 Å². The van der Waals surface area contributed by atoms with E-state index in [0.717, 1.165) is 66.8 Å². The Labute approximate surface area is 832 Å². The van der Waals surface area contributed by atoms with Gasteiger partial charge in [-0.2, -0.15) is 0 Å². The van der Waals surface area contributed by atoms with Crippen LogP contribution in [0.4, 0.5) is 35.1 Å². The fraction of sp³-hybridized carbons (Fsp3) is 0.625. The van der Waals surface area contributed by atoms with Crippen LogP contribution < -0.4 is 0 Å². The van der Waals surface area contributed by atoms with E-state index in [0.29, 0.717) is 38.4 Å². The lowest BCUT2D eigenvalue weighted by Crippen LogP contribution is -2.28. The summed E-state index contributed by atoms with van der Waals surface area (Å²) in [5, 5.41) is 0. The summed E-state index contributed by atoms with van der Waals surface area (Å²) in [5.74, 6) is -11.2. The molecule has 0 aliphatic heterocycles. The lowest BCUT2D eigenvalue weighted by atomic mass is 9.74. The average molecular weight is 1890 g/mol. The van der Waals surface area contributed by atoms with E-state index in [1.165, 1.54) is 27.8 Å². The molecule has 0 aromatic heterocycles. The zero-order valence-corrected chi connectivity index (χ0v) is 96.8. The Hall–Kier alpha value is -6.80. The summed E-state index contributed by atoms with van der Waals surface area (Å²) >= 11 is 0. The van der Waals surface area contributed by atoms with Crippen molar-refractivity contribution in [2.45, 2.75) is 500 Å². The van der Waals surface area contributed by atoms with Crippen LogP contribution in [0.5, 0.6) is 0 Å². The van der Waals surface area contributed by atoms with Gasteiger partial charge < -0.3 is 0 Å². The van der Waals surface area contributed by atoms with E-state index in [1.54, 1.807) is 48.5 Å². The monoisotopic (exact) mass is 1890 g/mol. The maximum atomic E-state index is 15.7. The highest BCUT2D eigenvalue weighted by Gasteiger charge is 2.40. The fourth-order valence-corrected chi connectivity index (χ4v) is 15.2.